The lowest BCUT2D eigenvalue weighted by molar-refractivity contribution is -0.237. The molecule has 6 heteroatoms. The van der Waals surface area contributed by atoms with Gasteiger partial charge in [-0.1, -0.05) is 0 Å². The largest absolute Gasteiger partial charge is 0.478 e. The van der Waals surface area contributed by atoms with E-state index >= 15 is 0 Å². The molecule has 0 amide bonds. The van der Waals surface area contributed by atoms with Crippen molar-refractivity contribution in [1.82, 2.24) is 0 Å². The Bertz CT molecular complexity index is 263. The number of halogens is 4. The zero-order valence-electron chi connectivity index (χ0n) is 6.31. The van der Waals surface area contributed by atoms with Gasteiger partial charge in [-0.2, -0.15) is 8.78 Å². The predicted octanol–water partition coefficient (Wildman–Crippen LogP) is 1.71. The number of carboxylic acids is 1. The molecular weight excluding hydrogens is 192 g/mol. The third kappa shape index (κ3) is 1.40. The molecule has 0 heterocycles. The summed E-state index contributed by atoms with van der Waals surface area (Å²) in [4.78, 5) is 9.89. The Hall–Kier alpha value is -1.07. The van der Waals surface area contributed by atoms with E-state index < -0.39 is 30.2 Å². The quantitative estimate of drug-likeness (QED) is 0.541. The van der Waals surface area contributed by atoms with Crippen LogP contribution >= 0.6 is 0 Å². The number of allylic oxidation sites excluding steroid dienone is 1. The van der Waals surface area contributed by atoms with Crippen molar-refractivity contribution in [2.45, 2.75) is 24.2 Å². The zero-order valence-corrected chi connectivity index (χ0v) is 6.31. The minimum absolute atomic E-state index is 0.186. The van der Waals surface area contributed by atoms with Crippen LogP contribution in [0.25, 0.3) is 0 Å². The third-order valence-corrected chi connectivity index (χ3v) is 1.91. The van der Waals surface area contributed by atoms with E-state index in [4.69, 9.17) is 5.11 Å². The van der Waals surface area contributed by atoms with Crippen LogP contribution in [0.2, 0.25) is 0 Å². The summed E-state index contributed by atoms with van der Waals surface area (Å²) in [6, 6.07) is 0. The first kappa shape index (κ1) is 10.0. The zero-order chi connectivity index (χ0) is 10.3. The molecule has 13 heavy (non-hydrogen) atoms. The van der Waals surface area contributed by atoms with E-state index in [0.717, 1.165) is 0 Å². The van der Waals surface area contributed by atoms with Crippen molar-refractivity contribution in [1.29, 1.82) is 0 Å². The van der Waals surface area contributed by atoms with Crippen LogP contribution in [0.5, 0.6) is 0 Å². The van der Waals surface area contributed by atoms with Gasteiger partial charge in [0.15, 0.2) is 11.8 Å². The van der Waals surface area contributed by atoms with Gasteiger partial charge in [-0.15, -0.1) is 0 Å². The smallest absolute Gasteiger partial charge is 0.328 e. The Morgan fingerprint density at radius 1 is 1.46 bits per heavy atom. The average molecular weight is 198 g/mol. The normalized spacial score (nSPS) is 37.4. The molecule has 0 spiro atoms. The van der Waals surface area contributed by atoms with Gasteiger partial charge >= 0.3 is 11.9 Å². The van der Waals surface area contributed by atoms with E-state index in [1.807, 2.05) is 0 Å². The second-order valence-electron chi connectivity index (χ2n) is 2.83. The molecular formula is C7H6F4O2. The lowest BCUT2D eigenvalue weighted by Crippen LogP contribution is -2.62. The van der Waals surface area contributed by atoms with Crippen LogP contribution in [-0.2, 0) is 4.79 Å². The van der Waals surface area contributed by atoms with Crippen molar-refractivity contribution in [3.8, 4) is 0 Å². The van der Waals surface area contributed by atoms with Crippen molar-refractivity contribution in [2.75, 3.05) is 0 Å². The van der Waals surface area contributed by atoms with Crippen molar-refractivity contribution in [3.05, 3.63) is 12.2 Å². The van der Waals surface area contributed by atoms with Crippen LogP contribution in [0.1, 0.15) is 6.42 Å². The van der Waals surface area contributed by atoms with Gasteiger partial charge in [0.2, 0.25) is 0 Å². The standard InChI is InChI=1S/C7H6F4O2/c8-4-3-6(9,7(4,10)11)2-1-5(12)13/h1-2,4H,3H2,(H,12,13)/b2-1+. The first-order chi connectivity index (χ1) is 5.79. The summed E-state index contributed by atoms with van der Waals surface area (Å²) in [5.74, 6) is -5.66. The molecule has 1 aliphatic rings. The SMILES string of the molecule is O=C(O)/C=C/C1(F)CC(F)C1(F)F. The number of carbonyl (C=O) groups is 1. The molecule has 1 aliphatic carbocycles. The highest BCUT2D eigenvalue weighted by atomic mass is 19.3. The number of rotatable bonds is 2. The summed E-state index contributed by atoms with van der Waals surface area (Å²) in [6.45, 7) is 0. The molecule has 1 fully saturated rings. The van der Waals surface area contributed by atoms with Crippen LogP contribution < -0.4 is 0 Å². The maximum atomic E-state index is 13.0. The predicted molar refractivity (Wildman–Crippen MR) is 35.1 cm³/mol. The third-order valence-electron chi connectivity index (χ3n) is 1.91. The molecule has 1 saturated carbocycles. The van der Waals surface area contributed by atoms with Gasteiger partial charge in [0.05, 0.1) is 0 Å². The summed E-state index contributed by atoms with van der Waals surface area (Å²) in [5, 5.41) is 8.04. The topological polar surface area (TPSA) is 37.3 Å². The highest BCUT2D eigenvalue weighted by Crippen LogP contribution is 2.52. The lowest BCUT2D eigenvalue weighted by Gasteiger charge is -2.43. The van der Waals surface area contributed by atoms with Crippen molar-refractivity contribution < 1.29 is 27.5 Å². The molecule has 0 aliphatic heterocycles. The highest BCUT2D eigenvalue weighted by Gasteiger charge is 2.69. The second-order valence-corrected chi connectivity index (χ2v) is 2.83. The Kier molecular flexibility index (Phi) is 2.09. The van der Waals surface area contributed by atoms with Gasteiger partial charge in [-0.25, -0.2) is 13.6 Å². The van der Waals surface area contributed by atoms with Crippen LogP contribution in [0.4, 0.5) is 17.6 Å². The number of aliphatic carboxylic acids is 1. The first-order valence-corrected chi connectivity index (χ1v) is 3.42. The summed E-state index contributed by atoms with van der Waals surface area (Å²) in [6.07, 6.45) is -3.09. The molecule has 0 aromatic heterocycles. The molecule has 0 aromatic rings. The van der Waals surface area contributed by atoms with Crippen molar-refractivity contribution in [2.24, 2.45) is 0 Å². The van der Waals surface area contributed by atoms with E-state index in [9.17, 15) is 22.4 Å². The first-order valence-electron chi connectivity index (χ1n) is 3.42. The van der Waals surface area contributed by atoms with Crippen LogP contribution in [0.3, 0.4) is 0 Å². The average Bonchev–Trinajstić information content (AvgIpc) is 2.01. The highest BCUT2D eigenvalue weighted by molar-refractivity contribution is 5.80. The molecule has 1 N–H and O–H groups in total. The number of carboxylic acid groups (broad SMARTS) is 1. The Labute approximate surface area is 70.9 Å². The lowest BCUT2D eigenvalue weighted by atomic mass is 9.75. The molecule has 74 valence electrons. The molecule has 2 nitrogen and oxygen atoms in total. The molecule has 2 unspecified atom stereocenters. The number of hydrogen-bond acceptors (Lipinski definition) is 1. The maximum absolute atomic E-state index is 13.0. The van der Waals surface area contributed by atoms with E-state index in [1.165, 1.54) is 0 Å². The molecule has 2 atom stereocenters. The van der Waals surface area contributed by atoms with Gasteiger partial charge in [-0.05, 0) is 6.08 Å². The monoisotopic (exact) mass is 198 g/mol. The Balaban J connectivity index is 2.76. The minimum atomic E-state index is -4.11. The van der Waals surface area contributed by atoms with Gasteiger partial charge < -0.3 is 5.11 Å². The molecule has 0 aromatic carbocycles. The summed E-state index contributed by atoms with van der Waals surface area (Å²) < 4.78 is 50.0. The molecule has 0 radical (unpaired) electrons. The van der Waals surface area contributed by atoms with Crippen LogP contribution in [-0.4, -0.2) is 28.8 Å². The van der Waals surface area contributed by atoms with E-state index in [0.29, 0.717) is 0 Å². The maximum Gasteiger partial charge on any atom is 0.328 e. The second kappa shape index (κ2) is 2.71. The Morgan fingerprint density at radius 3 is 2.31 bits per heavy atom. The van der Waals surface area contributed by atoms with Gasteiger partial charge in [0, 0.05) is 12.5 Å². The summed E-state index contributed by atoms with van der Waals surface area (Å²) in [5.41, 5.74) is -3.15. The van der Waals surface area contributed by atoms with E-state index in [-0.39, 0.29) is 12.2 Å². The fourth-order valence-electron chi connectivity index (χ4n) is 1.04. The Morgan fingerprint density at radius 2 is 2.00 bits per heavy atom. The molecule has 0 saturated heterocycles. The minimum Gasteiger partial charge on any atom is -0.478 e. The fourth-order valence-corrected chi connectivity index (χ4v) is 1.04. The number of hydrogen-bond donors (Lipinski definition) is 1. The van der Waals surface area contributed by atoms with Crippen LogP contribution in [0.15, 0.2) is 12.2 Å². The van der Waals surface area contributed by atoms with Crippen molar-refractivity contribution >= 4 is 5.97 Å². The van der Waals surface area contributed by atoms with Gasteiger partial charge in [0.25, 0.3) is 0 Å². The molecule has 1 rings (SSSR count). The van der Waals surface area contributed by atoms with E-state index in [2.05, 4.69) is 0 Å². The van der Waals surface area contributed by atoms with Crippen molar-refractivity contribution in [3.63, 3.8) is 0 Å². The van der Waals surface area contributed by atoms with Gasteiger partial charge in [-0.3, -0.25) is 0 Å². The molecule has 0 bridgehead atoms. The number of alkyl halides is 4. The van der Waals surface area contributed by atoms with E-state index in [1.54, 1.807) is 0 Å². The van der Waals surface area contributed by atoms with Crippen LogP contribution in [0, 0.1) is 0 Å². The fraction of sp³-hybridized carbons (Fsp3) is 0.571. The summed E-state index contributed by atoms with van der Waals surface area (Å²) >= 11 is 0. The summed E-state index contributed by atoms with van der Waals surface area (Å²) in [7, 11) is 0. The van der Waals surface area contributed by atoms with Gasteiger partial charge in [0.1, 0.15) is 0 Å².